The molecule has 1 nitrogen and oxygen atoms in total. The lowest BCUT2D eigenvalue weighted by molar-refractivity contribution is 0.588. The molecule has 0 aliphatic carbocycles. The van der Waals surface area contributed by atoms with Gasteiger partial charge in [-0.2, -0.15) is 0 Å². The Hall–Kier alpha value is 0.901. The predicted octanol–water partition coefficient (Wildman–Crippen LogP) is 2.40. The highest BCUT2D eigenvalue weighted by Crippen LogP contribution is 2.16. The molecule has 0 saturated heterocycles. The average Bonchev–Trinajstić information content (AvgIpc) is 1.60. The summed E-state index contributed by atoms with van der Waals surface area (Å²) in [7, 11) is -2.20. The quantitative estimate of drug-likeness (QED) is 0.514. The SMILES string of the molecule is C[Si][Si](C)(C)O[Si](C)(C)Cl. The fraction of sp³-hybridized carbons (Fsp3) is 1.00. The summed E-state index contributed by atoms with van der Waals surface area (Å²) in [6.45, 7) is 10.7. The van der Waals surface area contributed by atoms with Gasteiger partial charge < -0.3 is 4.12 Å². The molecule has 0 atom stereocenters. The van der Waals surface area contributed by atoms with Gasteiger partial charge in [-0.3, -0.25) is 0 Å². The van der Waals surface area contributed by atoms with E-state index in [1.165, 1.54) is 0 Å². The van der Waals surface area contributed by atoms with E-state index in [4.69, 9.17) is 15.2 Å². The minimum absolute atomic E-state index is 0.925. The maximum Gasteiger partial charge on any atom is 0.273 e. The molecule has 0 heterocycles. The highest BCUT2D eigenvalue weighted by molar-refractivity contribution is 7.27. The monoisotopic (exact) mass is 210 g/mol. The second kappa shape index (κ2) is 3.53. The lowest BCUT2D eigenvalue weighted by Gasteiger charge is -2.28. The summed E-state index contributed by atoms with van der Waals surface area (Å²) in [5.41, 5.74) is 0. The van der Waals surface area contributed by atoms with Gasteiger partial charge in [0.25, 0.3) is 7.63 Å². The van der Waals surface area contributed by atoms with Crippen LogP contribution < -0.4 is 0 Å². The van der Waals surface area contributed by atoms with Crippen molar-refractivity contribution in [1.82, 2.24) is 0 Å². The van der Waals surface area contributed by atoms with E-state index in [2.05, 4.69) is 19.6 Å². The minimum Gasteiger partial charge on any atom is -0.448 e. The van der Waals surface area contributed by atoms with E-state index in [1.807, 2.05) is 13.1 Å². The molecular weight excluding hydrogens is 196 g/mol. The average molecular weight is 211 g/mol. The Labute approximate surface area is 72.7 Å². The van der Waals surface area contributed by atoms with Gasteiger partial charge in [0.15, 0.2) is 7.83 Å². The first-order valence-electron chi connectivity index (χ1n) is 3.35. The van der Waals surface area contributed by atoms with Crippen LogP contribution in [-0.2, 0) is 4.12 Å². The second-order valence-corrected chi connectivity index (χ2v) is 18.1. The summed E-state index contributed by atoms with van der Waals surface area (Å²) in [4.78, 5) is 0. The van der Waals surface area contributed by atoms with Gasteiger partial charge in [0, 0.05) is 0 Å². The van der Waals surface area contributed by atoms with Gasteiger partial charge in [0.05, 0.1) is 9.04 Å². The summed E-state index contributed by atoms with van der Waals surface area (Å²) in [5, 5.41) is 0. The molecule has 0 aromatic heterocycles. The van der Waals surface area contributed by atoms with Crippen LogP contribution in [0, 0.1) is 0 Å². The van der Waals surface area contributed by atoms with Crippen LogP contribution in [0.3, 0.4) is 0 Å². The van der Waals surface area contributed by atoms with Crippen LogP contribution >= 0.6 is 11.1 Å². The van der Waals surface area contributed by atoms with Crippen LogP contribution in [0.25, 0.3) is 0 Å². The van der Waals surface area contributed by atoms with Gasteiger partial charge in [-0.25, -0.2) is 0 Å². The lowest BCUT2D eigenvalue weighted by Crippen LogP contribution is -2.45. The smallest absolute Gasteiger partial charge is 0.273 e. The highest BCUT2D eigenvalue weighted by Gasteiger charge is 2.29. The van der Waals surface area contributed by atoms with Gasteiger partial charge >= 0.3 is 0 Å². The molecule has 0 aromatic carbocycles. The summed E-state index contributed by atoms with van der Waals surface area (Å²) in [5.74, 6) is 0. The maximum absolute atomic E-state index is 6.05. The van der Waals surface area contributed by atoms with Gasteiger partial charge in [-0.1, -0.05) is 6.55 Å². The van der Waals surface area contributed by atoms with Gasteiger partial charge in [-0.05, 0) is 26.2 Å². The Bertz CT molecular complexity index is 110. The van der Waals surface area contributed by atoms with Crippen LogP contribution in [0.2, 0.25) is 32.7 Å². The van der Waals surface area contributed by atoms with Gasteiger partial charge in [-0.15, -0.1) is 11.1 Å². The van der Waals surface area contributed by atoms with E-state index in [1.54, 1.807) is 0 Å². The van der Waals surface area contributed by atoms with E-state index in [0.29, 0.717) is 0 Å². The van der Waals surface area contributed by atoms with Crippen molar-refractivity contribution in [3.05, 3.63) is 0 Å². The summed E-state index contributed by atoms with van der Waals surface area (Å²) in [6.07, 6.45) is 0. The lowest BCUT2D eigenvalue weighted by atomic mass is 11.9. The topological polar surface area (TPSA) is 9.23 Å². The zero-order valence-corrected chi connectivity index (χ0v) is 11.0. The standard InChI is InChI=1S/C5H15ClOSi3/c1-8-10(4,5)7-9(2,3)6/h1-5H3. The molecule has 0 fully saturated rings. The molecule has 2 radical (unpaired) electrons. The molecule has 0 saturated carbocycles. The van der Waals surface area contributed by atoms with Crippen molar-refractivity contribution in [2.24, 2.45) is 0 Å². The van der Waals surface area contributed by atoms with Crippen molar-refractivity contribution in [2.75, 3.05) is 0 Å². The van der Waals surface area contributed by atoms with Crippen molar-refractivity contribution < 1.29 is 4.12 Å². The molecule has 0 amide bonds. The molecular formula is C5H15ClOSi3. The summed E-state index contributed by atoms with van der Waals surface area (Å²) >= 11 is 6.05. The summed E-state index contributed by atoms with van der Waals surface area (Å²) in [6, 6.07) is 0. The van der Waals surface area contributed by atoms with Crippen molar-refractivity contribution in [3.8, 4) is 0 Å². The molecule has 0 aliphatic heterocycles. The first-order valence-corrected chi connectivity index (χ1v) is 12.7. The number of hydrogen-bond acceptors (Lipinski definition) is 1. The van der Waals surface area contributed by atoms with E-state index in [-0.39, 0.29) is 0 Å². The van der Waals surface area contributed by atoms with E-state index in [0.717, 1.165) is 9.04 Å². The molecule has 0 rings (SSSR count). The third-order valence-electron chi connectivity index (χ3n) is 1.10. The minimum atomic E-state index is -1.77. The van der Waals surface area contributed by atoms with Crippen molar-refractivity contribution in [3.63, 3.8) is 0 Å². The number of halogens is 1. The molecule has 0 unspecified atom stereocenters. The van der Waals surface area contributed by atoms with Crippen molar-refractivity contribution >= 4 is 35.6 Å². The molecule has 5 heteroatoms. The van der Waals surface area contributed by atoms with E-state index < -0.39 is 15.5 Å². The van der Waals surface area contributed by atoms with Crippen LogP contribution in [0.5, 0.6) is 0 Å². The van der Waals surface area contributed by atoms with Gasteiger partial charge in [0.2, 0.25) is 0 Å². The molecule has 60 valence electrons. The van der Waals surface area contributed by atoms with Crippen LogP contribution in [0.4, 0.5) is 0 Å². The third-order valence-corrected chi connectivity index (χ3v) is 11.5. The first-order chi connectivity index (χ1) is 4.27. The van der Waals surface area contributed by atoms with Crippen LogP contribution in [0.1, 0.15) is 0 Å². The van der Waals surface area contributed by atoms with E-state index in [9.17, 15) is 0 Å². The Kier molecular flexibility index (Phi) is 3.85. The van der Waals surface area contributed by atoms with Gasteiger partial charge in [0.1, 0.15) is 0 Å². The normalized spacial score (nSPS) is 13.8. The molecule has 0 N–H and O–H groups in total. The molecule has 0 spiro atoms. The van der Waals surface area contributed by atoms with Crippen LogP contribution in [-0.4, -0.2) is 24.5 Å². The fourth-order valence-electron chi connectivity index (χ4n) is 0.658. The Morgan fingerprint density at radius 1 is 1.20 bits per heavy atom. The number of rotatable bonds is 3. The first kappa shape index (κ1) is 10.9. The second-order valence-electron chi connectivity index (χ2n) is 3.23. The van der Waals surface area contributed by atoms with Crippen LogP contribution in [0.15, 0.2) is 0 Å². The Morgan fingerprint density at radius 3 is 1.70 bits per heavy atom. The maximum atomic E-state index is 6.05. The highest BCUT2D eigenvalue weighted by atomic mass is 35.6. The number of hydrogen-bond donors (Lipinski definition) is 0. The largest absolute Gasteiger partial charge is 0.448 e. The fourth-order valence-corrected chi connectivity index (χ4v) is 11.5. The molecule has 0 bridgehead atoms. The van der Waals surface area contributed by atoms with E-state index >= 15 is 0 Å². The predicted molar refractivity (Wildman–Crippen MR) is 53.5 cm³/mol. The zero-order chi connectivity index (χ0) is 8.41. The Morgan fingerprint density at radius 2 is 1.60 bits per heavy atom. The van der Waals surface area contributed by atoms with Crippen molar-refractivity contribution in [1.29, 1.82) is 0 Å². The third kappa shape index (κ3) is 5.67. The molecule has 0 aromatic rings. The molecule has 0 aliphatic rings. The summed E-state index contributed by atoms with van der Waals surface area (Å²) < 4.78 is 5.83. The zero-order valence-electron chi connectivity index (χ0n) is 7.29. The van der Waals surface area contributed by atoms with Crippen molar-refractivity contribution in [2.45, 2.75) is 32.7 Å². The molecule has 10 heavy (non-hydrogen) atoms. The Balaban J connectivity index is 3.89.